The summed E-state index contributed by atoms with van der Waals surface area (Å²) in [5.41, 5.74) is 3.42. The zero-order valence-electron chi connectivity index (χ0n) is 22.4. The molecule has 1 aromatic heterocycles. The molecule has 0 radical (unpaired) electrons. The van der Waals surface area contributed by atoms with Crippen LogP contribution in [-0.4, -0.2) is 37.5 Å². The molecule has 10 heteroatoms. The van der Waals surface area contributed by atoms with Crippen LogP contribution in [0.3, 0.4) is 0 Å². The van der Waals surface area contributed by atoms with Crippen molar-refractivity contribution in [1.29, 1.82) is 0 Å². The number of hydrogen-bond donors (Lipinski definition) is 2. The van der Waals surface area contributed by atoms with Crippen LogP contribution in [0.25, 0.3) is 11.1 Å². The second-order valence-corrected chi connectivity index (χ2v) is 11.3. The Balaban J connectivity index is 1.40. The zero-order valence-corrected chi connectivity index (χ0v) is 23.2. The van der Waals surface area contributed by atoms with Crippen molar-refractivity contribution < 1.29 is 27.5 Å². The largest absolute Gasteiger partial charge is 0.456 e. The van der Waals surface area contributed by atoms with Gasteiger partial charge in [-0.15, -0.1) is 0 Å². The maximum absolute atomic E-state index is 13.4. The zero-order chi connectivity index (χ0) is 28.7. The number of ether oxygens (including phenoxy) is 2. The van der Waals surface area contributed by atoms with Crippen molar-refractivity contribution >= 4 is 22.3 Å². The van der Waals surface area contributed by atoms with Crippen molar-refractivity contribution in [2.45, 2.75) is 32.0 Å². The minimum absolute atomic E-state index is 0.0501. The molecule has 212 valence electrons. The van der Waals surface area contributed by atoms with Crippen LogP contribution in [0.2, 0.25) is 0 Å². The van der Waals surface area contributed by atoms with Crippen molar-refractivity contribution in [3.05, 3.63) is 120 Å². The van der Waals surface area contributed by atoms with Crippen LogP contribution >= 0.6 is 0 Å². The number of hydrogen-bond acceptors (Lipinski definition) is 7. The van der Waals surface area contributed by atoms with Gasteiger partial charge in [0.2, 0.25) is 0 Å². The van der Waals surface area contributed by atoms with Gasteiger partial charge in [0.05, 0.1) is 0 Å². The fourth-order valence-electron chi connectivity index (χ4n) is 4.84. The number of carbonyl (C=O) groups is 2. The molecule has 0 aliphatic carbocycles. The highest BCUT2D eigenvalue weighted by Crippen LogP contribution is 2.31. The van der Waals surface area contributed by atoms with Crippen molar-refractivity contribution in [3.8, 4) is 11.1 Å². The lowest BCUT2D eigenvalue weighted by molar-refractivity contribution is 0.0465. The average molecular weight is 574 g/mol. The van der Waals surface area contributed by atoms with Gasteiger partial charge in [-0.2, -0.15) is 8.42 Å². The summed E-state index contributed by atoms with van der Waals surface area (Å²) in [6.07, 6.45) is 2.13. The summed E-state index contributed by atoms with van der Waals surface area (Å²) >= 11 is 0. The SMILES string of the molecule is O=C(NS(=O)(=O)n1ccc(-c2ccc(C3CCNCC3)cc2)c1C(=O)OCc1ccccc1)OCc1ccccc1. The van der Waals surface area contributed by atoms with Crippen molar-refractivity contribution in [3.63, 3.8) is 0 Å². The summed E-state index contributed by atoms with van der Waals surface area (Å²) in [6, 6.07) is 27.2. The van der Waals surface area contributed by atoms with Gasteiger partial charge in [-0.3, -0.25) is 0 Å². The van der Waals surface area contributed by atoms with Gasteiger partial charge >= 0.3 is 22.3 Å². The summed E-state index contributed by atoms with van der Waals surface area (Å²) in [6.45, 7) is 1.76. The van der Waals surface area contributed by atoms with E-state index in [0.29, 0.717) is 22.6 Å². The fourth-order valence-corrected chi connectivity index (χ4v) is 5.84. The van der Waals surface area contributed by atoms with Crippen LogP contribution in [-0.2, 0) is 32.9 Å². The molecule has 5 rings (SSSR count). The molecule has 0 saturated carbocycles. The van der Waals surface area contributed by atoms with Crippen molar-refractivity contribution in [1.82, 2.24) is 14.0 Å². The lowest BCUT2D eigenvalue weighted by Gasteiger charge is -2.23. The van der Waals surface area contributed by atoms with E-state index < -0.39 is 22.3 Å². The molecule has 2 N–H and O–H groups in total. The van der Waals surface area contributed by atoms with Crippen molar-refractivity contribution in [2.24, 2.45) is 0 Å². The van der Waals surface area contributed by atoms with Crippen LogP contribution in [0.15, 0.2) is 97.2 Å². The summed E-state index contributed by atoms with van der Waals surface area (Å²) in [4.78, 5) is 25.8. The van der Waals surface area contributed by atoms with Gasteiger partial charge < -0.3 is 14.8 Å². The summed E-state index contributed by atoms with van der Waals surface area (Å²) in [5.74, 6) is -0.406. The lowest BCUT2D eigenvalue weighted by Crippen LogP contribution is -2.36. The number of piperidine rings is 1. The van der Waals surface area contributed by atoms with Gasteiger partial charge in [-0.1, -0.05) is 84.9 Å². The van der Waals surface area contributed by atoms with Crippen LogP contribution in [0.1, 0.15) is 45.9 Å². The molecule has 0 spiro atoms. The van der Waals surface area contributed by atoms with Gasteiger partial charge in [-0.05, 0) is 60.2 Å². The molecular formula is C31H31N3O6S. The Morgan fingerprint density at radius 3 is 2.00 bits per heavy atom. The first-order chi connectivity index (χ1) is 19.9. The van der Waals surface area contributed by atoms with E-state index in [4.69, 9.17) is 9.47 Å². The molecule has 1 aliphatic rings. The van der Waals surface area contributed by atoms with Crippen LogP contribution in [0.5, 0.6) is 0 Å². The Bertz CT molecular complexity index is 1580. The number of amides is 1. The van der Waals surface area contributed by atoms with Crippen LogP contribution in [0, 0.1) is 0 Å². The third-order valence-corrected chi connectivity index (χ3v) is 8.22. The van der Waals surface area contributed by atoms with E-state index in [2.05, 4.69) is 5.32 Å². The number of nitrogens with one attached hydrogen (secondary N) is 2. The topological polar surface area (TPSA) is 116 Å². The predicted molar refractivity (Wildman–Crippen MR) is 154 cm³/mol. The Morgan fingerprint density at radius 1 is 0.805 bits per heavy atom. The standard InChI is InChI=1S/C31H31N3O6S/c35-30(39-21-23-7-3-1-4-8-23)29-28(27-13-11-25(12-14-27)26-15-18-32-19-16-26)17-20-34(29)41(37,38)33-31(36)40-22-24-9-5-2-6-10-24/h1-14,17,20,26,32H,15-16,18-19,21-22H2,(H,33,36). The highest BCUT2D eigenvalue weighted by molar-refractivity contribution is 7.88. The molecule has 41 heavy (non-hydrogen) atoms. The number of rotatable bonds is 9. The molecule has 0 bridgehead atoms. The van der Waals surface area contributed by atoms with E-state index in [1.807, 2.05) is 53.3 Å². The third-order valence-electron chi connectivity index (χ3n) is 6.97. The van der Waals surface area contributed by atoms with Gasteiger partial charge in [0.1, 0.15) is 13.2 Å². The number of nitrogens with zero attached hydrogens (tertiary/aromatic N) is 1. The first-order valence-electron chi connectivity index (χ1n) is 13.4. The minimum Gasteiger partial charge on any atom is -0.456 e. The Labute approximate surface area is 239 Å². The normalized spacial score (nSPS) is 13.9. The Hall–Kier alpha value is -4.41. The van der Waals surface area contributed by atoms with Gasteiger partial charge in [-0.25, -0.2) is 18.3 Å². The third kappa shape index (κ3) is 7.03. The highest BCUT2D eigenvalue weighted by atomic mass is 32.2. The lowest BCUT2D eigenvalue weighted by atomic mass is 9.89. The van der Waals surface area contributed by atoms with Gasteiger partial charge in [0.15, 0.2) is 5.69 Å². The Morgan fingerprint density at radius 2 is 1.39 bits per heavy atom. The van der Waals surface area contributed by atoms with Crippen molar-refractivity contribution in [2.75, 3.05) is 13.1 Å². The minimum atomic E-state index is -4.55. The molecule has 3 aromatic carbocycles. The molecule has 1 aliphatic heterocycles. The molecule has 0 unspecified atom stereocenters. The van der Waals surface area contributed by atoms with E-state index >= 15 is 0 Å². The van der Waals surface area contributed by atoms with E-state index in [1.165, 1.54) is 17.8 Å². The first kappa shape index (κ1) is 28.1. The average Bonchev–Trinajstić information content (AvgIpc) is 3.47. The van der Waals surface area contributed by atoms with E-state index in [0.717, 1.165) is 35.5 Å². The molecule has 4 aromatic rings. The smallest absolute Gasteiger partial charge is 0.422 e. The number of benzene rings is 3. The van der Waals surface area contributed by atoms with Gasteiger partial charge in [0, 0.05) is 11.8 Å². The number of esters is 1. The van der Waals surface area contributed by atoms with Crippen LogP contribution < -0.4 is 10.0 Å². The molecule has 9 nitrogen and oxygen atoms in total. The summed E-state index contributed by atoms with van der Waals surface area (Å²) < 4.78 is 39.8. The summed E-state index contributed by atoms with van der Waals surface area (Å²) in [5, 5.41) is 3.36. The molecule has 1 amide bonds. The summed E-state index contributed by atoms with van der Waals surface area (Å²) in [7, 11) is -4.55. The van der Waals surface area contributed by atoms with Gasteiger partial charge in [0.25, 0.3) is 0 Å². The number of carbonyl (C=O) groups excluding carboxylic acids is 2. The number of aromatic nitrogens is 1. The van der Waals surface area contributed by atoms with E-state index in [9.17, 15) is 18.0 Å². The highest BCUT2D eigenvalue weighted by Gasteiger charge is 2.28. The second kappa shape index (κ2) is 12.8. The second-order valence-electron chi connectivity index (χ2n) is 9.75. The van der Waals surface area contributed by atoms with Crippen LogP contribution in [0.4, 0.5) is 4.79 Å². The Kier molecular flexibility index (Phi) is 8.81. The maximum atomic E-state index is 13.4. The molecule has 1 fully saturated rings. The monoisotopic (exact) mass is 573 g/mol. The van der Waals surface area contributed by atoms with E-state index in [-0.39, 0.29) is 18.9 Å². The predicted octanol–water partition coefficient (Wildman–Crippen LogP) is 5.00. The molecular weight excluding hydrogens is 542 g/mol. The fraction of sp³-hybridized carbons (Fsp3) is 0.226. The molecule has 2 heterocycles. The molecule has 0 atom stereocenters. The van der Waals surface area contributed by atoms with E-state index in [1.54, 1.807) is 36.4 Å². The quantitative estimate of drug-likeness (QED) is 0.271. The first-order valence-corrected chi connectivity index (χ1v) is 14.8. The molecule has 1 saturated heterocycles. The maximum Gasteiger partial charge on any atom is 0.422 e.